The molecule has 1 atom stereocenters. The van der Waals surface area contributed by atoms with Crippen LogP contribution in [0.1, 0.15) is 45.1 Å². The average Bonchev–Trinajstić information content (AvgIpc) is 2.28. The van der Waals surface area contributed by atoms with Crippen molar-refractivity contribution in [2.24, 2.45) is 5.92 Å². The maximum absolute atomic E-state index is 11.7. The molecule has 1 heterocycles. The number of aryl methyl sites for hydroxylation is 1. The number of hydrogen-bond donors (Lipinski definition) is 0. The van der Waals surface area contributed by atoms with Gasteiger partial charge in [-0.1, -0.05) is 26.7 Å². The summed E-state index contributed by atoms with van der Waals surface area (Å²) in [4.78, 5) is 15.6. The van der Waals surface area contributed by atoms with Crippen molar-refractivity contribution < 1.29 is 4.79 Å². The molecule has 1 rings (SSSR count). The van der Waals surface area contributed by atoms with E-state index in [2.05, 4.69) is 18.8 Å². The predicted octanol–water partition coefficient (Wildman–Crippen LogP) is 3.41. The fraction of sp³-hybridized carbons (Fsp3) is 0.571. The topological polar surface area (TPSA) is 30.0 Å². The lowest BCUT2D eigenvalue weighted by molar-refractivity contribution is -0.119. The number of rotatable bonds is 7. The number of carbonyl (C=O) groups excluding carboxylic acids is 1. The fourth-order valence-corrected chi connectivity index (χ4v) is 1.92. The first kappa shape index (κ1) is 12.9. The number of nitrogens with zero attached hydrogens (tertiary/aromatic N) is 1. The molecule has 0 aliphatic carbocycles. The summed E-state index contributed by atoms with van der Waals surface area (Å²) >= 11 is 0. The Balaban J connectivity index is 2.25. The van der Waals surface area contributed by atoms with Crippen LogP contribution < -0.4 is 0 Å². The Morgan fingerprint density at radius 2 is 2.06 bits per heavy atom. The van der Waals surface area contributed by atoms with Crippen molar-refractivity contribution >= 4 is 5.78 Å². The van der Waals surface area contributed by atoms with Gasteiger partial charge in [0.05, 0.1) is 0 Å². The van der Waals surface area contributed by atoms with Crippen molar-refractivity contribution in [3.05, 3.63) is 30.1 Å². The van der Waals surface area contributed by atoms with Crippen LogP contribution in [-0.4, -0.2) is 10.8 Å². The minimum Gasteiger partial charge on any atom is -0.300 e. The van der Waals surface area contributed by atoms with Gasteiger partial charge in [0.15, 0.2) is 0 Å². The average molecular weight is 219 g/mol. The van der Waals surface area contributed by atoms with Gasteiger partial charge in [0.25, 0.3) is 0 Å². The molecular formula is C14H21NO. The molecule has 0 radical (unpaired) electrons. The molecule has 0 saturated heterocycles. The molecule has 1 aromatic rings. The molecule has 0 aromatic carbocycles. The van der Waals surface area contributed by atoms with E-state index in [1.165, 1.54) is 12.0 Å². The lowest BCUT2D eigenvalue weighted by atomic mass is 9.97. The summed E-state index contributed by atoms with van der Waals surface area (Å²) in [5.41, 5.74) is 1.20. The van der Waals surface area contributed by atoms with Gasteiger partial charge < -0.3 is 0 Å². The SMILES string of the molecule is CCCC(C)CC(=O)CCc1ccncc1. The van der Waals surface area contributed by atoms with E-state index in [4.69, 9.17) is 0 Å². The van der Waals surface area contributed by atoms with E-state index in [9.17, 15) is 4.79 Å². The largest absolute Gasteiger partial charge is 0.300 e. The van der Waals surface area contributed by atoms with Crippen molar-refractivity contribution in [1.82, 2.24) is 4.98 Å². The minimum absolute atomic E-state index is 0.387. The van der Waals surface area contributed by atoms with E-state index in [0.717, 1.165) is 19.3 Å². The molecule has 0 amide bonds. The van der Waals surface area contributed by atoms with Crippen molar-refractivity contribution in [2.45, 2.75) is 46.0 Å². The summed E-state index contributed by atoms with van der Waals surface area (Å²) in [6.45, 7) is 4.33. The Kier molecular flexibility index (Phi) is 5.76. The van der Waals surface area contributed by atoms with Gasteiger partial charge in [0.2, 0.25) is 0 Å². The van der Waals surface area contributed by atoms with Gasteiger partial charge in [-0.15, -0.1) is 0 Å². The molecule has 0 spiro atoms. The molecule has 0 aliphatic heterocycles. The molecule has 0 fully saturated rings. The smallest absolute Gasteiger partial charge is 0.133 e. The van der Waals surface area contributed by atoms with Crippen LogP contribution >= 0.6 is 0 Å². The van der Waals surface area contributed by atoms with Crippen molar-refractivity contribution in [3.8, 4) is 0 Å². The van der Waals surface area contributed by atoms with Gasteiger partial charge >= 0.3 is 0 Å². The number of aromatic nitrogens is 1. The summed E-state index contributed by atoms with van der Waals surface area (Å²) < 4.78 is 0. The monoisotopic (exact) mass is 219 g/mol. The number of pyridine rings is 1. The summed E-state index contributed by atoms with van der Waals surface area (Å²) in [6, 6.07) is 3.95. The Morgan fingerprint density at radius 3 is 2.69 bits per heavy atom. The standard InChI is InChI=1S/C14H21NO/c1-3-4-12(2)11-14(16)6-5-13-7-9-15-10-8-13/h7-10,12H,3-6,11H2,1-2H3. The van der Waals surface area contributed by atoms with E-state index in [0.29, 0.717) is 18.1 Å². The number of ketones is 1. The zero-order valence-corrected chi connectivity index (χ0v) is 10.3. The summed E-state index contributed by atoms with van der Waals surface area (Å²) in [5.74, 6) is 0.924. The van der Waals surface area contributed by atoms with Crippen molar-refractivity contribution in [2.75, 3.05) is 0 Å². The van der Waals surface area contributed by atoms with Crippen LogP contribution in [0.15, 0.2) is 24.5 Å². The Hall–Kier alpha value is -1.18. The molecule has 88 valence electrons. The number of hydrogen-bond acceptors (Lipinski definition) is 2. The molecule has 0 N–H and O–H groups in total. The molecule has 16 heavy (non-hydrogen) atoms. The highest BCUT2D eigenvalue weighted by molar-refractivity contribution is 5.78. The van der Waals surface area contributed by atoms with Gasteiger partial charge in [-0.2, -0.15) is 0 Å². The van der Waals surface area contributed by atoms with E-state index in [1.54, 1.807) is 12.4 Å². The van der Waals surface area contributed by atoms with E-state index >= 15 is 0 Å². The van der Waals surface area contributed by atoms with Crippen LogP contribution in [0.25, 0.3) is 0 Å². The molecule has 2 heteroatoms. The minimum atomic E-state index is 0.387. The van der Waals surface area contributed by atoms with Gasteiger partial charge in [-0.05, 0) is 30.0 Å². The van der Waals surface area contributed by atoms with Crippen LogP contribution in [0.3, 0.4) is 0 Å². The zero-order chi connectivity index (χ0) is 11.8. The Bertz CT molecular complexity index is 308. The summed E-state index contributed by atoms with van der Waals surface area (Å²) in [6.07, 6.45) is 8.12. The quantitative estimate of drug-likeness (QED) is 0.703. The van der Waals surface area contributed by atoms with Gasteiger partial charge in [-0.3, -0.25) is 9.78 Å². The first-order chi connectivity index (χ1) is 7.72. The van der Waals surface area contributed by atoms with Crippen LogP contribution in [0.4, 0.5) is 0 Å². The van der Waals surface area contributed by atoms with Gasteiger partial charge in [-0.25, -0.2) is 0 Å². The maximum atomic E-state index is 11.7. The lowest BCUT2D eigenvalue weighted by Crippen LogP contribution is -2.06. The molecule has 0 saturated carbocycles. The van der Waals surface area contributed by atoms with Crippen LogP contribution in [-0.2, 0) is 11.2 Å². The normalized spacial score (nSPS) is 12.4. The third-order valence-corrected chi connectivity index (χ3v) is 2.80. The lowest BCUT2D eigenvalue weighted by Gasteiger charge is -2.08. The molecule has 2 nitrogen and oxygen atoms in total. The number of Topliss-reactive ketones (excluding diaryl/α,β-unsaturated/α-hetero) is 1. The van der Waals surface area contributed by atoms with Crippen LogP contribution in [0, 0.1) is 5.92 Å². The Morgan fingerprint density at radius 1 is 1.38 bits per heavy atom. The van der Waals surface area contributed by atoms with Crippen molar-refractivity contribution in [1.29, 1.82) is 0 Å². The number of carbonyl (C=O) groups is 1. The third kappa shape index (κ3) is 5.06. The first-order valence-corrected chi connectivity index (χ1v) is 6.13. The van der Waals surface area contributed by atoms with Gasteiger partial charge in [0.1, 0.15) is 5.78 Å². The van der Waals surface area contributed by atoms with E-state index in [1.807, 2.05) is 12.1 Å². The van der Waals surface area contributed by atoms with E-state index < -0.39 is 0 Å². The molecular weight excluding hydrogens is 198 g/mol. The predicted molar refractivity (Wildman–Crippen MR) is 66.3 cm³/mol. The summed E-state index contributed by atoms with van der Waals surface area (Å²) in [7, 11) is 0. The van der Waals surface area contributed by atoms with Gasteiger partial charge in [0, 0.05) is 25.2 Å². The van der Waals surface area contributed by atoms with Crippen molar-refractivity contribution in [3.63, 3.8) is 0 Å². The zero-order valence-electron chi connectivity index (χ0n) is 10.3. The fourth-order valence-electron chi connectivity index (χ4n) is 1.92. The Labute approximate surface area is 98.1 Å². The van der Waals surface area contributed by atoms with E-state index in [-0.39, 0.29) is 0 Å². The highest BCUT2D eigenvalue weighted by Gasteiger charge is 2.08. The second-order valence-electron chi connectivity index (χ2n) is 4.49. The van der Waals surface area contributed by atoms with Crippen LogP contribution in [0.5, 0.6) is 0 Å². The third-order valence-electron chi connectivity index (χ3n) is 2.80. The highest BCUT2D eigenvalue weighted by atomic mass is 16.1. The van der Waals surface area contributed by atoms with Crippen LogP contribution in [0.2, 0.25) is 0 Å². The molecule has 1 unspecified atom stereocenters. The summed E-state index contributed by atoms with van der Waals surface area (Å²) in [5, 5.41) is 0. The second-order valence-corrected chi connectivity index (χ2v) is 4.49. The molecule has 0 aliphatic rings. The first-order valence-electron chi connectivity index (χ1n) is 6.13. The molecule has 1 aromatic heterocycles. The maximum Gasteiger partial charge on any atom is 0.133 e. The molecule has 0 bridgehead atoms. The second kappa shape index (κ2) is 7.15. The highest BCUT2D eigenvalue weighted by Crippen LogP contribution is 2.12.